The van der Waals surface area contributed by atoms with Crippen molar-refractivity contribution in [3.05, 3.63) is 59.4 Å². The van der Waals surface area contributed by atoms with E-state index >= 15 is 0 Å². The maximum Gasteiger partial charge on any atom is 0.223 e. The molecule has 1 saturated carbocycles. The van der Waals surface area contributed by atoms with Gasteiger partial charge in [-0.2, -0.15) is 0 Å². The fraction of sp³-hybridized carbons (Fsp3) is 0.548. The number of para-hydroxylation sites is 2. The quantitative estimate of drug-likeness (QED) is 0.265. The van der Waals surface area contributed by atoms with E-state index in [1.54, 1.807) is 0 Å². The van der Waals surface area contributed by atoms with Crippen LogP contribution in [0.1, 0.15) is 81.2 Å². The molecule has 0 bridgehead atoms. The van der Waals surface area contributed by atoms with Gasteiger partial charge in [0.1, 0.15) is 11.6 Å². The predicted octanol–water partition coefficient (Wildman–Crippen LogP) is 6.92. The van der Waals surface area contributed by atoms with Crippen LogP contribution in [0.2, 0.25) is 0 Å². The van der Waals surface area contributed by atoms with Gasteiger partial charge in [0.2, 0.25) is 5.91 Å². The van der Waals surface area contributed by atoms with Crippen LogP contribution in [0.25, 0.3) is 11.0 Å². The van der Waals surface area contributed by atoms with E-state index in [2.05, 4.69) is 66.2 Å². The van der Waals surface area contributed by atoms with Gasteiger partial charge in [-0.3, -0.25) is 4.79 Å². The number of carbonyl (C=O) groups is 1. The zero-order chi connectivity index (χ0) is 25.2. The Bertz CT molecular complexity index is 1110. The first-order valence-corrected chi connectivity index (χ1v) is 14.0. The summed E-state index contributed by atoms with van der Waals surface area (Å²) < 4.78 is 8.46. The second-order valence-electron chi connectivity index (χ2n) is 10.4. The summed E-state index contributed by atoms with van der Waals surface area (Å²) >= 11 is 0. The summed E-state index contributed by atoms with van der Waals surface area (Å²) in [6.45, 7) is 6.70. The SMILES string of the molecule is Cc1ccc(C)c(OCCCCn2c(CCCCCNC(=O)C3CCCCC3)nc3ccccc32)c1. The summed E-state index contributed by atoms with van der Waals surface area (Å²) in [6, 6.07) is 14.8. The van der Waals surface area contributed by atoms with Crippen LogP contribution in [0.5, 0.6) is 5.75 Å². The Kier molecular flexibility index (Phi) is 9.83. The first kappa shape index (κ1) is 26.2. The molecule has 1 fully saturated rings. The number of amides is 1. The minimum Gasteiger partial charge on any atom is -0.493 e. The lowest BCUT2D eigenvalue weighted by Gasteiger charge is -2.20. The van der Waals surface area contributed by atoms with Gasteiger partial charge in [-0.1, -0.05) is 49.9 Å². The highest BCUT2D eigenvalue weighted by Crippen LogP contribution is 2.24. The number of unbranched alkanes of at least 4 members (excludes halogenated alkanes) is 3. The number of aryl methyl sites for hydroxylation is 4. The van der Waals surface area contributed by atoms with Crippen LogP contribution in [0.4, 0.5) is 0 Å². The number of nitrogens with one attached hydrogen (secondary N) is 1. The number of imidazole rings is 1. The highest BCUT2D eigenvalue weighted by molar-refractivity contribution is 5.78. The molecule has 5 nitrogen and oxygen atoms in total. The molecular weight excluding hydrogens is 446 g/mol. The van der Waals surface area contributed by atoms with E-state index in [4.69, 9.17) is 9.72 Å². The van der Waals surface area contributed by atoms with Crippen molar-refractivity contribution in [2.75, 3.05) is 13.2 Å². The summed E-state index contributed by atoms with van der Waals surface area (Å²) in [5.74, 6) is 2.71. The highest BCUT2D eigenvalue weighted by Gasteiger charge is 2.20. The molecule has 1 amide bonds. The maximum atomic E-state index is 12.3. The molecule has 0 saturated heterocycles. The number of hydrogen-bond acceptors (Lipinski definition) is 3. The van der Waals surface area contributed by atoms with Gasteiger partial charge in [0.25, 0.3) is 0 Å². The Morgan fingerprint density at radius 1 is 1.00 bits per heavy atom. The smallest absolute Gasteiger partial charge is 0.223 e. The molecule has 1 heterocycles. The van der Waals surface area contributed by atoms with Crippen LogP contribution in [-0.4, -0.2) is 28.6 Å². The molecule has 1 aliphatic rings. The summed E-state index contributed by atoms with van der Waals surface area (Å²) in [5, 5.41) is 3.17. The molecule has 1 N–H and O–H groups in total. The molecule has 0 atom stereocenters. The van der Waals surface area contributed by atoms with Crippen molar-refractivity contribution in [2.45, 2.75) is 91.0 Å². The van der Waals surface area contributed by atoms with E-state index in [0.29, 0.717) is 0 Å². The average molecular weight is 490 g/mol. The Morgan fingerprint density at radius 2 is 1.83 bits per heavy atom. The number of carbonyl (C=O) groups excluding carboxylic acids is 1. The molecule has 194 valence electrons. The van der Waals surface area contributed by atoms with Crippen molar-refractivity contribution < 1.29 is 9.53 Å². The second-order valence-corrected chi connectivity index (χ2v) is 10.4. The normalized spacial score (nSPS) is 14.3. The number of ether oxygens (including phenoxy) is 1. The van der Waals surface area contributed by atoms with Crippen molar-refractivity contribution >= 4 is 16.9 Å². The minimum atomic E-state index is 0.255. The van der Waals surface area contributed by atoms with Crippen molar-refractivity contribution in [1.29, 1.82) is 0 Å². The monoisotopic (exact) mass is 489 g/mol. The number of fused-ring (bicyclic) bond motifs is 1. The Morgan fingerprint density at radius 3 is 2.69 bits per heavy atom. The van der Waals surface area contributed by atoms with Gasteiger partial charge in [-0.25, -0.2) is 4.98 Å². The van der Waals surface area contributed by atoms with Crippen LogP contribution in [0.15, 0.2) is 42.5 Å². The largest absolute Gasteiger partial charge is 0.493 e. The lowest BCUT2D eigenvalue weighted by molar-refractivity contribution is -0.125. The van der Waals surface area contributed by atoms with Crippen molar-refractivity contribution in [3.63, 3.8) is 0 Å². The first-order chi connectivity index (χ1) is 17.6. The van der Waals surface area contributed by atoms with E-state index in [1.165, 1.54) is 41.7 Å². The number of benzene rings is 2. The van der Waals surface area contributed by atoms with Gasteiger partial charge in [0.15, 0.2) is 0 Å². The highest BCUT2D eigenvalue weighted by atomic mass is 16.5. The van der Waals surface area contributed by atoms with Crippen LogP contribution in [0.3, 0.4) is 0 Å². The molecular formula is C31H43N3O2. The lowest BCUT2D eigenvalue weighted by atomic mass is 9.89. The van der Waals surface area contributed by atoms with E-state index in [-0.39, 0.29) is 11.8 Å². The summed E-state index contributed by atoms with van der Waals surface area (Å²) in [6.07, 6.45) is 12.1. The van der Waals surface area contributed by atoms with Crippen molar-refractivity contribution in [1.82, 2.24) is 14.9 Å². The molecule has 0 spiro atoms. The van der Waals surface area contributed by atoms with Crippen LogP contribution in [-0.2, 0) is 17.8 Å². The third kappa shape index (κ3) is 7.35. The topological polar surface area (TPSA) is 56.1 Å². The summed E-state index contributed by atoms with van der Waals surface area (Å²) in [5.41, 5.74) is 4.73. The molecule has 5 heteroatoms. The van der Waals surface area contributed by atoms with Gasteiger partial charge >= 0.3 is 0 Å². The average Bonchev–Trinajstić information content (AvgIpc) is 3.25. The summed E-state index contributed by atoms with van der Waals surface area (Å²) in [4.78, 5) is 17.3. The van der Waals surface area contributed by atoms with E-state index < -0.39 is 0 Å². The molecule has 36 heavy (non-hydrogen) atoms. The van der Waals surface area contributed by atoms with Gasteiger partial charge in [0.05, 0.1) is 17.6 Å². The van der Waals surface area contributed by atoms with Crippen molar-refractivity contribution in [2.24, 2.45) is 5.92 Å². The van der Waals surface area contributed by atoms with Crippen LogP contribution in [0, 0.1) is 19.8 Å². The minimum absolute atomic E-state index is 0.255. The third-order valence-corrected chi connectivity index (χ3v) is 7.46. The second kappa shape index (κ2) is 13.5. The number of rotatable bonds is 13. The standard InChI is InChI=1S/C31H43N3O2/c1-24-18-19-25(2)29(23-24)36-22-12-11-21-34-28-16-9-8-15-27(28)33-30(34)17-7-4-10-20-32-31(35)26-13-5-3-6-14-26/h8-9,15-16,18-19,23,26H,3-7,10-14,17,20-22H2,1-2H3,(H,32,35). The molecule has 4 rings (SSSR count). The Hall–Kier alpha value is -2.82. The lowest BCUT2D eigenvalue weighted by Crippen LogP contribution is -2.32. The van der Waals surface area contributed by atoms with E-state index in [1.807, 2.05) is 0 Å². The molecule has 3 aromatic rings. The first-order valence-electron chi connectivity index (χ1n) is 14.0. The summed E-state index contributed by atoms with van der Waals surface area (Å²) in [7, 11) is 0. The molecule has 1 aromatic heterocycles. The fourth-order valence-corrected chi connectivity index (χ4v) is 5.29. The third-order valence-electron chi connectivity index (χ3n) is 7.46. The zero-order valence-corrected chi connectivity index (χ0v) is 22.2. The fourth-order valence-electron chi connectivity index (χ4n) is 5.29. The Labute approximate surface area is 216 Å². The predicted molar refractivity (Wildman–Crippen MR) is 148 cm³/mol. The Balaban J connectivity index is 1.21. The van der Waals surface area contributed by atoms with Gasteiger partial charge in [-0.05, 0) is 81.7 Å². The van der Waals surface area contributed by atoms with Gasteiger partial charge in [-0.15, -0.1) is 0 Å². The van der Waals surface area contributed by atoms with Crippen LogP contribution >= 0.6 is 0 Å². The maximum absolute atomic E-state index is 12.3. The van der Waals surface area contributed by atoms with E-state index in [9.17, 15) is 4.79 Å². The molecule has 0 aliphatic heterocycles. The van der Waals surface area contributed by atoms with Gasteiger partial charge in [0, 0.05) is 25.4 Å². The number of hydrogen-bond donors (Lipinski definition) is 1. The number of aromatic nitrogens is 2. The number of nitrogens with zero attached hydrogens (tertiary/aromatic N) is 2. The van der Waals surface area contributed by atoms with Gasteiger partial charge < -0.3 is 14.6 Å². The van der Waals surface area contributed by atoms with E-state index in [0.717, 1.165) is 82.3 Å². The van der Waals surface area contributed by atoms with Crippen molar-refractivity contribution in [3.8, 4) is 5.75 Å². The zero-order valence-electron chi connectivity index (χ0n) is 22.2. The molecule has 1 aliphatic carbocycles. The molecule has 0 unspecified atom stereocenters. The molecule has 2 aromatic carbocycles. The molecule has 0 radical (unpaired) electrons. The van der Waals surface area contributed by atoms with Crippen LogP contribution < -0.4 is 10.1 Å².